The van der Waals surface area contributed by atoms with Crippen LogP contribution in [0.1, 0.15) is 43.5 Å². The molecule has 1 aromatic carbocycles. The van der Waals surface area contributed by atoms with Gasteiger partial charge in [-0.1, -0.05) is 47.7 Å². The third kappa shape index (κ3) is 2.31. The molecular weight excluding hydrogens is 481 g/mol. The van der Waals surface area contributed by atoms with Gasteiger partial charge in [0.25, 0.3) is 0 Å². The van der Waals surface area contributed by atoms with E-state index in [-0.39, 0.29) is 21.4 Å². The second-order valence-electron chi connectivity index (χ2n) is 8.60. The number of nitrogens with zero attached hydrogens (tertiary/aromatic N) is 3. The van der Waals surface area contributed by atoms with Gasteiger partial charge in [-0.2, -0.15) is 5.26 Å². The Morgan fingerprint density at radius 3 is 2.90 bits per heavy atom. The van der Waals surface area contributed by atoms with E-state index in [1.54, 1.807) is 0 Å². The first-order chi connectivity index (χ1) is 13.9. The number of hydrogen-bond acceptors (Lipinski definition) is 5. The molecule has 0 bridgehead atoms. The predicted molar refractivity (Wildman–Crippen MR) is 116 cm³/mol. The largest absolute Gasteiger partial charge is 0.465 e. The van der Waals surface area contributed by atoms with Crippen molar-refractivity contribution >= 4 is 39.5 Å². The molecule has 3 aliphatic heterocycles. The average molecular weight is 505 g/mol. The maximum Gasteiger partial charge on any atom is 0.359 e. The molecule has 1 N–H and O–H groups in total. The van der Waals surface area contributed by atoms with Crippen LogP contribution in [0.25, 0.3) is 10.9 Å². The van der Waals surface area contributed by atoms with Crippen molar-refractivity contribution in [3.05, 3.63) is 35.5 Å². The smallest absolute Gasteiger partial charge is 0.359 e. The summed E-state index contributed by atoms with van der Waals surface area (Å²) in [4.78, 5) is 15.3. The summed E-state index contributed by atoms with van der Waals surface area (Å²) in [6.45, 7) is 2.96. The van der Waals surface area contributed by atoms with Gasteiger partial charge in [0, 0.05) is 28.0 Å². The normalized spacial score (nSPS) is 35.8. The van der Waals surface area contributed by atoms with Gasteiger partial charge >= 0.3 is 5.97 Å². The number of benzene rings is 1. The van der Waals surface area contributed by atoms with Gasteiger partial charge in [0.2, 0.25) is 5.72 Å². The molecule has 0 unspecified atom stereocenters. The molecule has 0 radical (unpaired) electrons. The minimum Gasteiger partial charge on any atom is -0.465 e. The first-order valence-corrected chi connectivity index (χ1v) is 11.4. The fourth-order valence-corrected chi connectivity index (χ4v) is 7.70. The minimum absolute atomic E-state index is 0.0178. The summed E-state index contributed by atoms with van der Waals surface area (Å²) in [5.41, 5.74) is 1.03. The van der Waals surface area contributed by atoms with Gasteiger partial charge in [-0.3, -0.25) is 4.90 Å². The van der Waals surface area contributed by atoms with Crippen molar-refractivity contribution in [3.63, 3.8) is 0 Å². The molecule has 2 aromatic rings. The number of aliphatic hydroxyl groups is 1. The Morgan fingerprint density at radius 2 is 2.21 bits per heavy atom. The Kier molecular flexibility index (Phi) is 4.29. The minimum atomic E-state index is -1.74. The van der Waals surface area contributed by atoms with Gasteiger partial charge in [0.05, 0.1) is 24.7 Å². The number of nitriles is 1. The first-order valence-electron chi connectivity index (χ1n) is 10.1. The van der Waals surface area contributed by atoms with Crippen molar-refractivity contribution in [1.29, 1.82) is 5.26 Å². The number of hydrogen-bond donors (Lipinski definition) is 1. The van der Waals surface area contributed by atoms with E-state index < -0.39 is 11.7 Å². The summed E-state index contributed by atoms with van der Waals surface area (Å²) in [5, 5.41) is 22.9. The molecular formula is C22H24IN3O3. The lowest BCUT2D eigenvalue weighted by atomic mass is 9.61. The predicted octanol–water partition coefficient (Wildman–Crippen LogP) is 3.26. The summed E-state index contributed by atoms with van der Waals surface area (Å²) in [6.07, 6.45) is 2.72. The quantitative estimate of drug-likeness (QED) is 0.385. The van der Waals surface area contributed by atoms with Crippen LogP contribution in [0.5, 0.6) is 0 Å². The van der Waals surface area contributed by atoms with Gasteiger partial charge in [-0.05, 0) is 36.3 Å². The van der Waals surface area contributed by atoms with Crippen molar-refractivity contribution in [2.24, 2.45) is 5.41 Å². The zero-order chi connectivity index (χ0) is 20.6. The number of esters is 1. The number of fused-ring (bicyclic) bond motifs is 3. The number of ether oxygens (including phenoxy) is 1. The van der Waals surface area contributed by atoms with Crippen LogP contribution in [0.4, 0.5) is 0 Å². The molecule has 0 aliphatic carbocycles. The van der Waals surface area contributed by atoms with Crippen LogP contribution in [0.15, 0.2) is 24.3 Å². The van der Waals surface area contributed by atoms with Gasteiger partial charge in [-0.25, -0.2) is 4.79 Å². The molecule has 29 heavy (non-hydrogen) atoms. The molecule has 6 nitrogen and oxygen atoms in total. The zero-order valence-electron chi connectivity index (χ0n) is 16.6. The van der Waals surface area contributed by atoms with E-state index in [9.17, 15) is 15.2 Å². The Labute approximate surface area is 183 Å². The van der Waals surface area contributed by atoms with E-state index in [1.165, 1.54) is 12.7 Å². The number of carbonyl (C=O) groups excluding carboxylic acids is 1. The molecule has 5 atom stereocenters. The molecule has 0 amide bonds. The van der Waals surface area contributed by atoms with Crippen LogP contribution in [0, 0.1) is 16.7 Å². The standard InChI is InChI=1S/C22H24IN3O3/c1-3-21-10-15(23)17(11-24)25-9-8-14-13-6-4-5-7-16(13)26(18(14)19(21)25)22(28,12-21)20(27)29-2/h4-7,15,17,19,28H,3,8-10,12H2,1-2H3/t15-,17+,19-,21+,22+/m1/s1. The third-order valence-electron chi connectivity index (χ3n) is 7.43. The summed E-state index contributed by atoms with van der Waals surface area (Å²) in [5.74, 6) is -0.614. The van der Waals surface area contributed by atoms with Crippen LogP contribution in [0.3, 0.4) is 0 Å². The van der Waals surface area contributed by atoms with E-state index in [4.69, 9.17) is 4.74 Å². The molecule has 0 saturated carbocycles. The van der Waals surface area contributed by atoms with Gasteiger partial charge in [-0.15, -0.1) is 0 Å². The lowest BCUT2D eigenvalue weighted by Crippen LogP contribution is -2.64. The topological polar surface area (TPSA) is 78.5 Å². The van der Waals surface area contributed by atoms with Crippen molar-refractivity contribution in [3.8, 4) is 6.07 Å². The second-order valence-corrected chi connectivity index (χ2v) is 10.2. The van der Waals surface area contributed by atoms with Crippen LogP contribution >= 0.6 is 22.6 Å². The van der Waals surface area contributed by atoms with Gasteiger partial charge < -0.3 is 14.4 Å². The lowest BCUT2D eigenvalue weighted by Gasteiger charge is -2.60. The number of alkyl halides is 1. The monoisotopic (exact) mass is 505 g/mol. The van der Waals surface area contributed by atoms with Crippen molar-refractivity contribution in [1.82, 2.24) is 9.47 Å². The fraction of sp³-hybridized carbons (Fsp3) is 0.545. The van der Waals surface area contributed by atoms with E-state index in [0.717, 1.165) is 42.4 Å². The fourth-order valence-electron chi connectivity index (χ4n) is 6.25. The number of methoxy groups -OCH3 is 1. The van der Waals surface area contributed by atoms with E-state index in [0.29, 0.717) is 6.42 Å². The highest BCUT2D eigenvalue weighted by molar-refractivity contribution is 14.1. The van der Waals surface area contributed by atoms with E-state index >= 15 is 0 Å². The van der Waals surface area contributed by atoms with Gasteiger partial charge in [0.15, 0.2) is 0 Å². The molecule has 3 aliphatic rings. The summed E-state index contributed by atoms with van der Waals surface area (Å²) in [7, 11) is 1.34. The van der Waals surface area contributed by atoms with E-state index in [1.807, 2.05) is 22.8 Å². The maximum atomic E-state index is 13.0. The Morgan fingerprint density at radius 1 is 1.45 bits per heavy atom. The number of carbonyl (C=O) groups is 1. The number of para-hydroxylation sites is 1. The highest BCUT2D eigenvalue weighted by atomic mass is 127. The van der Waals surface area contributed by atoms with Crippen molar-refractivity contribution in [2.75, 3.05) is 13.7 Å². The van der Waals surface area contributed by atoms with E-state index in [2.05, 4.69) is 46.6 Å². The Balaban J connectivity index is 1.88. The molecule has 5 rings (SSSR count). The van der Waals surface area contributed by atoms with Crippen LogP contribution in [0.2, 0.25) is 0 Å². The highest BCUT2D eigenvalue weighted by Crippen LogP contribution is 2.62. The zero-order valence-corrected chi connectivity index (χ0v) is 18.7. The molecule has 0 spiro atoms. The number of halogens is 1. The molecule has 4 heterocycles. The maximum absolute atomic E-state index is 13.0. The average Bonchev–Trinajstić information content (AvgIpc) is 3.07. The number of rotatable bonds is 2. The molecule has 1 saturated heterocycles. The number of aromatic nitrogens is 1. The van der Waals surface area contributed by atoms with Gasteiger partial charge in [0.1, 0.15) is 6.04 Å². The molecule has 7 heteroatoms. The van der Waals surface area contributed by atoms with Crippen molar-refractivity contribution in [2.45, 2.75) is 54.3 Å². The highest BCUT2D eigenvalue weighted by Gasteiger charge is 2.63. The SMILES string of the molecule is CC[C@]12C[C@@H](I)[C@H](C#N)N3CCc4c(n(c5ccccc45)[C@@](O)(C(=O)OC)C1)[C@@H]32. The first kappa shape index (κ1) is 19.3. The molecule has 1 fully saturated rings. The van der Waals surface area contributed by atoms with Crippen molar-refractivity contribution < 1.29 is 14.6 Å². The third-order valence-corrected chi connectivity index (χ3v) is 8.55. The van der Waals surface area contributed by atoms with Crippen LogP contribution in [-0.4, -0.2) is 44.2 Å². The van der Waals surface area contributed by atoms with Crippen LogP contribution in [-0.2, 0) is 21.7 Å². The molecule has 152 valence electrons. The van der Waals surface area contributed by atoms with Crippen LogP contribution < -0.4 is 0 Å². The summed E-state index contributed by atoms with van der Waals surface area (Å²) >= 11 is 2.38. The Bertz CT molecular complexity index is 1060. The second kappa shape index (κ2) is 6.43. The Hall–Kier alpha value is -1.63. The lowest BCUT2D eigenvalue weighted by molar-refractivity contribution is -0.194. The molecule has 1 aromatic heterocycles. The summed E-state index contributed by atoms with van der Waals surface area (Å²) < 4.78 is 7.09. The summed E-state index contributed by atoms with van der Waals surface area (Å²) in [6, 6.07) is 10.4. The number of piperidine rings is 1.